The van der Waals surface area contributed by atoms with Gasteiger partial charge in [0, 0.05) is 5.02 Å². The fraction of sp³-hybridized carbons (Fsp3) is 0.556. The first-order chi connectivity index (χ1) is 13.2. The summed E-state index contributed by atoms with van der Waals surface area (Å²) in [6.45, 7) is 7.58. The Hall–Kier alpha value is -1.39. The molecule has 0 aromatic heterocycles. The highest BCUT2D eigenvalue weighted by Crippen LogP contribution is 2.30. The van der Waals surface area contributed by atoms with Gasteiger partial charge in [-0.1, -0.05) is 23.2 Å². The molecular formula is C18H26Cl2N3O5S+. The number of quaternary nitrogens is 1. The van der Waals surface area contributed by atoms with E-state index >= 15 is 0 Å². The predicted molar refractivity (Wildman–Crippen MR) is 111 cm³/mol. The van der Waals surface area contributed by atoms with Gasteiger partial charge in [0.1, 0.15) is 23.5 Å². The summed E-state index contributed by atoms with van der Waals surface area (Å²) >= 11 is 11.7. The number of benzene rings is 1. The van der Waals surface area contributed by atoms with Crippen molar-refractivity contribution in [3.63, 3.8) is 0 Å². The number of carbonyl (C=O) groups excluding carboxylic acids is 1. The van der Waals surface area contributed by atoms with Crippen LogP contribution < -0.4 is 4.72 Å². The number of carbonyl (C=O) groups is 2. The van der Waals surface area contributed by atoms with Crippen molar-refractivity contribution < 1.29 is 27.6 Å². The van der Waals surface area contributed by atoms with Crippen molar-refractivity contribution in [2.75, 3.05) is 26.2 Å². The average Bonchev–Trinajstić information content (AvgIpc) is 2.58. The van der Waals surface area contributed by atoms with Gasteiger partial charge in [0.2, 0.25) is 15.9 Å². The van der Waals surface area contributed by atoms with Crippen LogP contribution in [0.2, 0.25) is 10.0 Å². The Bertz CT molecular complexity index is 917. The number of rotatable bonds is 4. The van der Waals surface area contributed by atoms with E-state index in [0.717, 1.165) is 0 Å². The van der Waals surface area contributed by atoms with Crippen LogP contribution in [0, 0.1) is 0 Å². The van der Waals surface area contributed by atoms with Crippen LogP contribution in [0.1, 0.15) is 27.7 Å². The van der Waals surface area contributed by atoms with Crippen molar-refractivity contribution in [1.82, 2.24) is 9.62 Å². The van der Waals surface area contributed by atoms with Gasteiger partial charge in [-0.05, 0) is 45.9 Å². The van der Waals surface area contributed by atoms with E-state index in [-0.39, 0.29) is 40.1 Å². The average molecular weight is 467 g/mol. The summed E-state index contributed by atoms with van der Waals surface area (Å²) in [4.78, 5) is 26.0. The Morgan fingerprint density at radius 1 is 1.31 bits per heavy atom. The summed E-state index contributed by atoms with van der Waals surface area (Å²) < 4.78 is 27.0. The van der Waals surface area contributed by atoms with E-state index in [1.165, 1.54) is 23.1 Å². The number of carboxylic acid groups (broad SMARTS) is 1. The van der Waals surface area contributed by atoms with Crippen molar-refractivity contribution >= 4 is 45.2 Å². The first-order valence-corrected chi connectivity index (χ1v) is 11.3. The highest BCUT2D eigenvalue weighted by atomic mass is 35.5. The molecule has 0 spiro atoms. The van der Waals surface area contributed by atoms with E-state index in [1.54, 1.807) is 6.92 Å². The zero-order chi connectivity index (χ0) is 22.2. The molecule has 1 heterocycles. The minimum absolute atomic E-state index is 0.0440. The fourth-order valence-corrected chi connectivity index (χ4v) is 5.35. The Labute approximate surface area is 181 Å². The molecule has 11 heteroatoms. The maximum Gasteiger partial charge on any atom is 0.514 e. The van der Waals surface area contributed by atoms with E-state index in [2.05, 4.69) is 4.72 Å². The molecule has 1 aliphatic heterocycles. The van der Waals surface area contributed by atoms with Gasteiger partial charge >= 0.3 is 6.09 Å². The molecule has 1 saturated heterocycles. The highest BCUT2D eigenvalue weighted by molar-refractivity contribution is 7.89. The summed E-state index contributed by atoms with van der Waals surface area (Å²) in [5.41, 5.74) is -0.540. The van der Waals surface area contributed by atoms with Crippen molar-refractivity contribution in [3.05, 3.63) is 28.2 Å². The summed E-state index contributed by atoms with van der Waals surface area (Å²) in [6, 6.07) is 3.60. The molecule has 1 aromatic rings. The molecule has 1 aliphatic rings. The van der Waals surface area contributed by atoms with Gasteiger partial charge in [-0.2, -0.15) is 4.79 Å². The quantitative estimate of drug-likeness (QED) is 0.663. The number of amides is 2. The zero-order valence-electron chi connectivity index (χ0n) is 16.8. The molecule has 0 aliphatic carbocycles. The Morgan fingerprint density at radius 3 is 2.41 bits per heavy atom. The summed E-state index contributed by atoms with van der Waals surface area (Å²) in [5.74, 6) is -0.428. The van der Waals surface area contributed by atoms with Gasteiger partial charge in [0.25, 0.3) is 0 Å². The van der Waals surface area contributed by atoms with Crippen LogP contribution in [0.4, 0.5) is 4.79 Å². The number of nitrogens with zero attached hydrogens (tertiary/aromatic N) is 2. The van der Waals surface area contributed by atoms with Crippen molar-refractivity contribution in [1.29, 1.82) is 0 Å². The lowest BCUT2D eigenvalue weighted by molar-refractivity contribution is -0.909. The third-order valence-corrected chi connectivity index (χ3v) is 7.52. The predicted octanol–water partition coefficient (Wildman–Crippen LogP) is 2.80. The normalized spacial score (nSPS) is 23.1. The van der Waals surface area contributed by atoms with Crippen molar-refractivity contribution in [3.8, 4) is 0 Å². The van der Waals surface area contributed by atoms with Gasteiger partial charge in [-0.3, -0.25) is 4.79 Å². The van der Waals surface area contributed by atoms with Crippen LogP contribution in [-0.2, 0) is 14.8 Å². The molecule has 1 aromatic carbocycles. The van der Waals surface area contributed by atoms with Crippen LogP contribution in [0.25, 0.3) is 0 Å². The topological polar surface area (TPSA) is 104 Å². The number of hydrogen-bond donors (Lipinski definition) is 2. The molecule has 162 valence electrons. The number of sulfonamides is 1. The third-order valence-electron chi connectivity index (χ3n) is 5.40. The molecule has 1 unspecified atom stereocenters. The lowest BCUT2D eigenvalue weighted by atomic mass is 9.97. The van der Waals surface area contributed by atoms with E-state index in [4.69, 9.17) is 23.2 Å². The van der Waals surface area contributed by atoms with E-state index in [1.807, 2.05) is 20.8 Å². The summed E-state index contributed by atoms with van der Waals surface area (Å²) in [7, 11) is -4.00. The minimum Gasteiger partial charge on any atom is -0.435 e. The monoisotopic (exact) mass is 466 g/mol. The van der Waals surface area contributed by atoms with E-state index in [0.29, 0.717) is 5.02 Å². The van der Waals surface area contributed by atoms with Crippen LogP contribution in [0.15, 0.2) is 23.1 Å². The van der Waals surface area contributed by atoms with Gasteiger partial charge < -0.3 is 10.0 Å². The first-order valence-electron chi connectivity index (χ1n) is 9.06. The molecule has 1 fully saturated rings. The molecule has 2 amide bonds. The number of piperazine rings is 1. The fourth-order valence-electron chi connectivity index (χ4n) is 3.61. The number of hydrogen-bond acceptors (Lipinski definition) is 4. The second-order valence-corrected chi connectivity index (χ2v) is 10.7. The molecule has 2 atom stereocenters. The molecule has 8 nitrogen and oxygen atoms in total. The molecule has 0 radical (unpaired) electrons. The molecule has 0 saturated carbocycles. The molecular weight excluding hydrogens is 441 g/mol. The zero-order valence-corrected chi connectivity index (χ0v) is 19.1. The Kier molecular flexibility index (Phi) is 6.91. The molecule has 2 N–H and O–H groups in total. The third kappa shape index (κ3) is 4.86. The van der Waals surface area contributed by atoms with Crippen LogP contribution in [0.3, 0.4) is 0 Å². The summed E-state index contributed by atoms with van der Waals surface area (Å²) in [5, 5.41) is 10.1. The van der Waals surface area contributed by atoms with Gasteiger partial charge in [-0.15, -0.1) is 0 Å². The first kappa shape index (κ1) is 23.9. The maximum absolute atomic E-state index is 12.6. The largest absolute Gasteiger partial charge is 0.514 e. The minimum atomic E-state index is -4.00. The Balaban J connectivity index is 2.10. The number of nitrogens with one attached hydrogen (secondary N) is 1. The second-order valence-electron chi connectivity index (χ2n) is 8.16. The Morgan fingerprint density at radius 2 is 1.93 bits per heavy atom. The van der Waals surface area contributed by atoms with Crippen LogP contribution in [-0.4, -0.2) is 72.7 Å². The standard InChI is InChI=1S/C18H25Cl2N3O5S/c1-12-11-23(17(25)26,18(2,3)4)8-7-22(12)16(24)10-21-29(27,28)15-6-5-13(19)9-14(15)20/h5-6,9,12,21H,7-8,10-11H2,1-4H3/p+1/t12-,23?/m0/s1. The lowest BCUT2D eigenvalue weighted by Gasteiger charge is -2.50. The van der Waals surface area contributed by atoms with E-state index < -0.39 is 34.1 Å². The maximum atomic E-state index is 12.6. The van der Waals surface area contributed by atoms with E-state index in [9.17, 15) is 23.1 Å². The molecule has 2 rings (SSSR count). The van der Waals surface area contributed by atoms with Crippen molar-refractivity contribution in [2.45, 2.75) is 44.2 Å². The summed E-state index contributed by atoms with van der Waals surface area (Å²) in [6.07, 6.45) is -0.936. The number of halogens is 2. The van der Waals surface area contributed by atoms with Gasteiger partial charge in [0.15, 0.2) is 0 Å². The van der Waals surface area contributed by atoms with Crippen LogP contribution >= 0.6 is 23.2 Å². The van der Waals surface area contributed by atoms with Gasteiger partial charge in [-0.25, -0.2) is 17.6 Å². The SMILES string of the molecule is C[C@H]1C[N+](C(=O)O)(C(C)(C)C)CCN1C(=O)CNS(=O)(=O)c1ccc(Cl)cc1Cl. The lowest BCUT2D eigenvalue weighted by Crippen LogP contribution is -2.72. The highest BCUT2D eigenvalue weighted by Gasteiger charge is 2.52. The van der Waals surface area contributed by atoms with Crippen molar-refractivity contribution in [2.24, 2.45) is 0 Å². The molecule has 0 bridgehead atoms. The smallest absolute Gasteiger partial charge is 0.435 e. The van der Waals surface area contributed by atoms with Gasteiger partial charge in [0.05, 0.1) is 24.2 Å². The second kappa shape index (κ2) is 8.39. The van der Waals surface area contributed by atoms with Crippen LogP contribution in [0.5, 0.6) is 0 Å². The molecule has 29 heavy (non-hydrogen) atoms.